The van der Waals surface area contributed by atoms with Gasteiger partial charge in [0.2, 0.25) is 5.91 Å². The van der Waals surface area contributed by atoms with Crippen LogP contribution in [0.5, 0.6) is 0 Å². The summed E-state index contributed by atoms with van der Waals surface area (Å²) >= 11 is 0. The van der Waals surface area contributed by atoms with Crippen molar-refractivity contribution in [3.05, 3.63) is 0 Å². The lowest BCUT2D eigenvalue weighted by Gasteiger charge is -2.34. The molecule has 19 heavy (non-hydrogen) atoms. The molecule has 0 aromatic carbocycles. The molecule has 0 radical (unpaired) electrons. The van der Waals surface area contributed by atoms with E-state index in [1.54, 1.807) is 0 Å². The number of amides is 1. The van der Waals surface area contributed by atoms with Crippen LogP contribution in [-0.2, 0) is 4.79 Å². The van der Waals surface area contributed by atoms with Crippen LogP contribution in [0.3, 0.4) is 0 Å². The topological polar surface area (TPSA) is 49.6 Å². The van der Waals surface area contributed by atoms with Gasteiger partial charge in [0.15, 0.2) is 0 Å². The van der Waals surface area contributed by atoms with Crippen molar-refractivity contribution in [3.63, 3.8) is 0 Å². The lowest BCUT2D eigenvalue weighted by atomic mass is 10.1. The maximum atomic E-state index is 12.0. The molecule has 1 aliphatic heterocycles. The smallest absolute Gasteiger partial charge is 0.222 e. The lowest BCUT2D eigenvalue weighted by Crippen LogP contribution is -2.48. The normalized spacial score (nSPS) is 16.8. The third-order valence-electron chi connectivity index (χ3n) is 3.90. The number of unbranched alkanes of at least 4 members (excludes halogenated alkanes) is 4. The monoisotopic (exact) mass is 269 g/mol. The fourth-order valence-corrected chi connectivity index (χ4v) is 2.56. The summed E-state index contributed by atoms with van der Waals surface area (Å²) in [6, 6.07) is 0. The van der Waals surface area contributed by atoms with Crippen LogP contribution in [0.4, 0.5) is 0 Å². The van der Waals surface area contributed by atoms with E-state index in [0.29, 0.717) is 12.3 Å². The minimum Gasteiger partial charge on any atom is -0.340 e. The Balaban J connectivity index is 2.09. The third-order valence-corrected chi connectivity index (χ3v) is 3.90. The molecule has 1 heterocycles. The molecule has 0 atom stereocenters. The zero-order valence-corrected chi connectivity index (χ0v) is 12.6. The number of carbonyl (C=O) groups is 1. The Bertz CT molecular complexity index is 238. The Hall–Kier alpha value is -0.610. The predicted octanol–water partition coefficient (Wildman–Crippen LogP) is 1.84. The van der Waals surface area contributed by atoms with E-state index < -0.39 is 0 Å². The Morgan fingerprint density at radius 2 is 1.74 bits per heavy atom. The van der Waals surface area contributed by atoms with E-state index in [1.807, 2.05) is 4.90 Å². The zero-order chi connectivity index (χ0) is 13.9. The summed E-state index contributed by atoms with van der Waals surface area (Å²) in [5.74, 6) is 0.338. The third kappa shape index (κ3) is 6.92. The summed E-state index contributed by atoms with van der Waals surface area (Å²) < 4.78 is 0. The predicted molar refractivity (Wildman–Crippen MR) is 80.1 cm³/mol. The summed E-state index contributed by atoms with van der Waals surface area (Å²) in [5, 5.41) is 0. The number of carbonyl (C=O) groups excluding carboxylic acids is 1. The van der Waals surface area contributed by atoms with E-state index in [1.165, 1.54) is 25.8 Å². The van der Waals surface area contributed by atoms with E-state index in [9.17, 15) is 4.79 Å². The molecule has 1 rings (SSSR count). The van der Waals surface area contributed by atoms with E-state index in [0.717, 1.165) is 52.0 Å². The second kappa shape index (κ2) is 10.2. The van der Waals surface area contributed by atoms with Crippen molar-refractivity contribution in [1.29, 1.82) is 0 Å². The molecule has 4 heteroatoms. The summed E-state index contributed by atoms with van der Waals surface area (Å²) in [7, 11) is 0. The SMILES string of the molecule is CCCCCN1CCN(C(=O)CCCCCN)CC1. The van der Waals surface area contributed by atoms with Gasteiger partial charge in [-0.2, -0.15) is 0 Å². The molecule has 0 aliphatic carbocycles. The molecule has 0 saturated carbocycles. The van der Waals surface area contributed by atoms with Crippen molar-refractivity contribution >= 4 is 5.91 Å². The summed E-state index contributed by atoms with van der Waals surface area (Å²) in [4.78, 5) is 16.5. The van der Waals surface area contributed by atoms with Gasteiger partial charge in [-0.3, -0.25) is 9.69 Å². The molecule has 112 valence electrons. The largest absolute Gasteiger partial charge is 0.340 e. The van der Waals surface area contributed by atoms with Crippen molar-refractivity contribution in [3.8, 4) is 0 Å². The molecule has 0 bridgehead atoms. The van der Waals surface area contributed by atoms with Crippen molar-refractivity contribution in [2.75, 3.05) is 39.3 Å². The van der Waals surface area contributed by atoms with Crippen molar-refractivity contribution in [2.24, 2.45) is 5.73 Å². The molecule has 0 aromatic heterocycles. The van der Waals surface area contributed by atoms with Gasteiger partial charge >= 0.3 is 0 Å². The minimum atomic E-state index is 0.338. The molecule has 1 fully saturated rings. The van der Waals surface area contributed by atoms with Crippen LogP contribution < -0.4 is 5.73 Å². The first-order valence-corrected chi connectivity index (χ1v) is 7.98. The average molecular weight is 269 g/mol. The quantitative estimate of drug-likeness (QED) is 0.650. The van der Waals surface area contributed by atoms with Gasteiger partial charge < -0.3 is 10.6 Å². The summed E-state index contributed by atoms with van der Waals surface area (Å²) in [5.41, 5.74) is 5.45. The van der Waals surface area contributed by atoms with Gasteiger partial charge in [0.25, 0.3) is 0 Å². The summed E-state index contributed by atoms with van der Waals surface area (Å²) in [6.07, 6.45) is 7.71. The zero-order valence-electron chi connectivity index (χ0n) is 12.6. The highest BCUT2D eigenvalue weighted by Crippen LogP contribution is 2.08. The average Bonchev–Trinajstić information content (AvgIpc) is 2.44. The fraction of sp³-hybridized carbons (Fsp3) is 0.933. The second-order valence-corrected chi connectivity index (χ2v) is 5.53. The Morgan fingerprint density at radius 1 is 1.00 bits per heavy atom. The highest BCUT2D eigenvalue weighted by atomic mass is 16.2. The molecule has 1 saturated heterocycles. The number of hydrogen-bond donors (Lipinski definition) is 1. The number of hydrogen-bond acceptors (Lipinski definition) is 3. The molecule has 1 amide bonds. The Morgan fingerprint density at radius 3 is 2.37 bits per heavy atom. The highest BCUT2D eigenvalue weighted by Gasteiger charge is 2.19. The molecule has 4 nitrogen and oxygen atoms in total. The minimum absolute atomic E-state index is 0.338. The first kappa shape index (κ1) is 16.4. The molecule has 1 aliphatic rings. The van der Waals surface area contributed by atoms with Gasteiger partial charge in [0.05, 0.1) is 0 Å². The van der Waals surface area contributed by atoms with E-state index >= 15 is 0 Å². The van der Waals surface area contributed by atoms with Gasteiger partial charge in [-0.25, -0.2) is 0 Å². The van der Waals surface area contributed by atoms with Crippen LogP contribution in [-0.4, -0.2) is 55.0 Å². The first-order chi connectivity index (χ1) is 9.27. The molecule has 0 aromatic rings. The van der Waals surface area contributed by atoms with Crippen LogP contribution >= 0.6 is 0 Å². The standard InChI is InChI=1S/C15H31N3O/c1-2-3-7-10-17-11-13-18(14-12-17)15(19)8-5-4-6-9-16/h2-14,16H2,1H3. The molecular weight excluding hydrogens is 238 g/mol. The maximum absolute atomic E-state index is 12.0. The van der Waals surface area contributed by atoms with Crippen LogP contribution in [0.15, 0.2) is 0 Å². The number of rotatable bonds is 9. The number of nitrogens with two attached hydrogens (primary N) is 1. The Kier molecular flexibility index (Phi) is 8.84. The molecular formula is C15H31N3O. The van der Waals surface area contributed by atoms with E-state index in [2.05, 4.69) is 11.8 Å². The molecule has 0 spiro atoms. The van der Waals surface area contributed by atoms with Gasteiger partial charge in [0, 0.05) is 32.6 Å². The fourth-order valence-electron chi connectivity index (χ4n) is 2.56. The highest BCUT2D eigenvalue weighted by molar-refractivity contribution is 5.76. The maximum Gasteiger partial charge on any atom is 0.222 e. The van der Waals surface area contributed by atoms with Gasteiger partial charge in [-0.1, -0.05) is 26.2 Å². The summed E-state index contributed by atoms with van der Waals surface area (Å²) in [6.45, 7) is 8.12. The van der Waals surface area contributed by atoms with Crippen molar-refractivity contribution in [1.82, 2.24) is 9.80 Å². The van der Waals surface area contributed by atoms with E-state index in [4.69, 9.17) is 5.73 Å². The lowest BCUT2D eigenvalue weighted by molar-refractivity contribution is -0.133. The van der Waals surface area contributed by atoms with Crippen molar-refractivity contribution in [2.45, 2.75) is 51.9 Å². The van der Waals surface area contributed by atoms with Crippen LogP contribution in [0.25, 0.3) is 0 Å². The van der Waals surface area contributed by atoms with Crippen LogP contribution in [0, 0.1) is 0 Å². The van der Waals surface area contributed by atoms with Gasteiger partial charge in [-0.05, 0) is 32.4 Å². The Labute approximate surface area is 118 Å². The van der Waals surface area contributed by atoms with E-state index in [-0.39, 0.29) is 0 Å². The number of piperazine rings is 1. The van der Waals surface area contributed by atoms with Gasteiger partial charge in [-0.15, -0.1) is 0 Å². The molecule has 0 unspecified atom stereocenters. The first-order valence-electron chi connectivity index (χ1n) is 7.98. The van der Waals surface area contributed by atoms with Gasteiger partial charge in [0.1, 0.15) is 0 Å². The second-order valence-electron chi connectivity index (χ2n) is 5.53. The van der Waals surface area contributed by atoms with Crippen molar-refractivity contribution < 1.29 is 4.79 Å². The van der Waals surface area contributed by atoms with Crippen LogP contribution in [0.2, 0.25) is 0 Å². The van der Waals surface area contributed by atoms with Crippen LogP contribution in [0.1, 0.15) is 51.9 Å². The number of nitrogens with zero attached hydrogens (tertiary/aromatic N) is 2. The molecule has 2 N–H and O–H groups in total.